The van der Waals surface area contributed by atoms with Gasteiger partial charge in [0.15, 0.2) is 0 Å². The summed E-state index contributed by atoms with van der Waals surface area (Å²) in [5.74, 6) is 1.88. The van der Waals surface area contributed by atoms with Crippen molar-refractivity contribution < 1.29 is 0 Å². The molecule has 0 aliphatic heterocycles. The van der Waals surface area contributed by atoms with Gasteiger partial charge in [-0.2, -0.15) is 0 Å². The van der Waals surface area contributed by atoms with Crippen molar-refractivity contribution in [3.05, 3.63) is 5.82 Å². The Balaban J connectivity index is 2.28. The number of nitrogens with zero attached hydrogens (tertiary/aromatic N) is 2. The third-order valence-electron chi connectivity index (χ3n) is 2.14. The van der Waals surface area contributed by atoms with E-state index in [2.05, 4.69) is 29.0 Å². The van der Waals surface area contributed by atoms with Crippen LogP contribution < -0.4 is 5.73 Å². The first-order valence-electron chi connectivity index (χ1n) is 4.75. The Labute approximate surface area is 89.1 Å². The molecule has 0 bridgehead atoms. The second-order valence-electron chi connectivity index (χ2n) is 4.17. The minimum atomic E-state index is 0.221. The third kappa shape index (κ3) is 3.67. The summed E-state index contributed by atoms with van der Waals surface area (Å²) in [6.45, 7) is 6.98. The van der Waals surface area contributed by atoms with Gasteiger partial charge in [-0.1, -0.05) is 25.6 Å². The van der Waals surface area contributed by atoms with E-state index in [9.17, 15) is 0 Å². The van der Waals surface area contributed by atoms with Gasteiger partial charge in [0.1, 0.15) is 5.82 Å². The van der Waals surface area contributed by atoms with Crippen LogP contribution in [-0.4, -0.2) is 27.5 Å². The van der Waals surface area contributed by atoms with Crippen molar-refractivity contribution in [2.24, 2.45) is 11.1 Å². The van der Waals surface area contributed by atoms with E-state index in [0.717, 1.165) is 29.7 Å². The average Bonchev–Trinajstić information content (AvgIpc) is 2.51. The molecular formula is C9H18N4S. The highest BCUT2D eigenvalue weighted by atomic mass is 32.2. The van der Waals surface area contributed by atoms with Gasteiger partial charge < -0.3 is 5.73 Å². The molecule has 0 atom stereocenters. The predicted octanol–water partition coefficient (Wildman–Crippen LogP) is 1.58. The average molecular weight is 214 g/mol. The molecule has 1 aromatic heterocycles. The minimum Gasteiger partial charge on any atom is -0.330 e. The molecular weight excluding hydrogens is 196 g/mol. The fourth-order valence-corrected chi connectivity index (χ4v) is 2.06. The maximum atomic E-state index is 5.64. The number of H-pyrrole nitrogens is 1. The van der Waals surface area contributed by atoms with Crippen LogP contribution in [0, 0.1) is 12.3 Å². The molecule has 14 heavy (non-hydrogen) atoms. The summed E-state index contributed by atoms with van der Waals surface area (Å²) < 4.78 is 0. The topological polar surface area (TPSA) is 67.6 Å². The molecule has 4 nitrogen and oxygen atoms in total. The SMILES string of the molecule is Cc1nc(SCCC(C)(C)CN)n[nH]1. The first-order valence-corrected chi connectivity index (χ1v) is 5.74. The number of nitrogens with one attached hydrogen (secondary N) is 1. The molecule has 0 aliphatic rings. The van der Waals surface area contributed by atoms with Crippen LogP contribution in [0.1, 0.15) is 26.1 Å². The lowest BCUT2D eigenvalue weighted by molar-refractivity contribution is 0.368. The Morgan fingerprint density at radius 2 is 2.21 bits per heavy atom. The summed E-state index contributed by atoms with van der Waals surface area (Å²) in [5.41, 5.74) is 5.86. The lowest BCUT2D eigenvalue weighted by Crippen LogP contribution is -2.24. The molecule has 0 amide bonds. The van der Waals surface area contributed by atoms with Crippen LogP contribution in [0.15, 0.2) is 5.16 Å². The number of thioether (sulfide) groups is 1. The number of rotatable bonds is 5. The van der Waals surface area contributed by atoms with Crippen molar-refractivity contribution in [2.45, 2.75) is 32.3 Å². The smallest absolute Gasteiger partial charge is 0.208 e. The molecule has 0 unspecified atom stereocenters. The van der Waals surface area contributed by atoms with Gasteiger partial charge >= 0.3 is 0 Å². The number of aryl methyl sites for hydroxylation is 1. The van der Waals surface area contributed by atoms with Crippen molar-refractivity contribution in [2.75, 3.05) is 12.3 Å². The zero-order valence-corrected chi connectivity index (χ0v) is 9.82. The highest BCUT2D eigenvalue weighted by Crippen LogP contribution is 2.23. The van der Waals surface area contributed by atoms with Crippen LogP contribution in [-0.2, 0) is 0 Å². The van der Waals surface area contributed by atoms with E-state index in [1.54, 1.807) is 11.8 Å². The van der Waals surface area contributed by atoms with Crippen molar-refractivity contribution in [3.8, 4) is 0 Å². The molecule has 5 heteroatoms. The summed E-state index contributed by atoms with van der Waals surface area (Å²) in [6.07, 6.45) is 1.09. The van der Waals surface area contributed by atoms with E-state index < -0.39 is 0 Å². The Kier molecular flexibility index (Phi) is 3.95. The Morgan fingerprint density at radius 3 is 2.71 bits per heavy atom. The van der Waals surface area contributed by atoms with Gasteiger partial charge in [-0.15, -0.1) is 5.10 Å². The first kappa shape index (κ1) is 11.5. The number of nitrogens with two attached hydrogens (primary N) is 1. The van der Waals surface area contributed by atoms with E-state index in [0.29, 0.717) is 0 Å². The molecule has 0 radical (unpaired) electrons. The maximum Gasteiger partial charge on any atom is 0.208 e. The molecule has 1 rings (SSSR count). The summed E-state index contributed by atoms with van der Waals surface area (Å²) in [5, 5.41) is 7.71. The van der Waals surface area contributed by atoms with Gasteiger partial charge in [-0.25, -0.2) is 4.98 Å². The minimum absolute atomic E-state index is 0.221. The normalized spacial score (nSPS) is 12.0. The summed E-state index contributed by atoms with van der Waals surface area (Å²) >= 11 is 1.67. The molecule has 1 heterocycles. The highest BCUT2D eigenvalue weighted by Gasteiger charge is 2.15. The monoisotopic (exact) mass is 214 g/mol. The van der Waals surface area contributed by atoms with E-state index in [1.807, 2.05) is 6.92 Å². The van der Waals surface area contributed by atoms with Gasteiger partial charge in [0.2, 0.25) is 5.16 Å². The second kappa shape index (κ2) is 4.79. The van der Waals surface area contributed by atoms with Gasteiger partial charge in [-0.05, 0) is 25.3 Å². The third-order valence-corrected chi connectivity index (χ3v) is 2.99. The van der Waals surface area contributed by atoms with Crippen molar-refractivity contribution in [3.63, 3.8) is 0 Å². The van der Waals surface area contributed by atoms with Crippen LogP contribution in [0.4, 0.5) is 0 Å². The summed E-state index contributed by atoms with van der Waals surface area (Å²) in [7, 11) is 0. The number of aromatic amines is 1. The van der Waals surface area contributed by atoms with Crippen molar-refractivity contribution in [1.29, 1.82) is 0 Å². The molecule has 0 saturated heterocycles. The molecule has 0 spiro atoms. The fraction of sp³-hybridized carbons (Fsp3) is 0.778. The summed E-state index contributed by atoms with van der Waals surface area (Å²) in [4.78, 5) is 4.22. The van der Waals surface area contributed by atoms with E-state index in [4.69, 9.17) is 5.73 Å². The zero-order valence-electron chi connectivity index (χ0n) is 9.00. The van der Waals surface area contributed by atoms with Gasteiger partial charge in [0.25, 0.3) is 0 Å². The molecule has 80 valence electrons. The number of hydrogen-bond acceptors (Lipinski definition) is 4. The highest BCUT2D eigenvalue weighted by molar-refractivity contribution is 7.99. The van der Waals surface area contributed by atoms with Crippen LogP contribution in [0.5, 0.6) is 0 Å². The quantitative estimate of drug-likeness (QED) is 0.730. The second-order valence-corrected chi connectivity index (χ2v) is 5.23. The standard InChI is InChI=1S/C9H18N4S/c1-7-11-8(13-12-7)14-5-4-9(2,3)6-10/h4-6,10H2,1-3H3,(H,11,12,13). The lowest BCUT2D eigenvalue weighted by Gasteiger charge is -2.21. The van der Waals surface area contributed by atoms with Crippen LogP contribution in [0.3, 0.4) is 0 Å². The van der Waals surface area contributed by atoms with Gasteiger partial charge in [0, 0.05) is 5.75 Å². The van der Waals surface area contributed by atoms with Crippen LogP contribution in [0.25, 0.3) is 0 Å². The molecule has 0 aromatic carbocycles. The van der Waals surface area contributed by atoms with E-state index >= 15 is 0 Å². The number of aromatic nitrogens is 3. The Morgan fingerprint density at radius 1 is 1.50 bits per heavy atom. The molecule has 3 N–H and O–H groups in total. The lowest BCUT2D eigenvalue weighted by atomic mass is 9.91. The molecule has 0 saturated carbocycles. The van der Waals surface area contributed by atoms with Crippen LogP contribution in [0.2, 0.25) is 0 Å². The molecule has 0 fully saturated rings. The maximum absolute atomic E-state index is 5.64. The molecule has 0 aliphatic carbocycles. The van der Waals surface area contributed by atoms with Gasteiger partial charge in [0.05, 0.1) is 0 Å². The molecule has 1 aromatic rings. The zero-order chi connectivity index (χ0) is 10.6. The Bertz CT molecular complexity index is 282. The van der Waals surface area contributed by atoms with E-state index in [1.165, 1.54) is 0 Å². The largest absolute Gasteiger partial charge is 0.330 e. The van der Waals surface area contributed by atoms with Crippen molar-refractivity contribution >= 4 is 11.8 Å². The summed E-state index contributed by atoms with van der Waals surface area (Å²) in [6, 6.07) is 0. The van der Waals surface area contributed by atoms with Gasteiger partial charge in [-0.3, -0.25) is 5.10 Å². The fourth-order valence-electron chi connectivity index (χ4n) is 0.907. The Hall–Kier alpha value is -0.550. The predicted molar refractivity (Wildman–Crippen MR) is 59.3 cm³/mol. The first-order chi connectivity index (χ1) is 6.53. The van der Waals surface area contributed by atoms with E-state index in [-0.39, 0.29) is 5.41 Å². The number of hydrogen-bond donors (Lipinski definition) is 2. The van der Waals surface area contributed by atoms with Crippen molar-refractivity contribution in [1.82, 2.24) is 15.2 Å². The van der Waals surface area contributed by atoms with Crippen LogP contribution >= 0.6 is 11.8 Å².